The van der Waals surface area contributed by atoms with Gasteiger partial charge in [-0.05, 0) is 43.0 Å². The number of aliphatic hydroxyl groups excluding tert-OH is 1. The van der Waals surface area contributed by atoms with Crippen LogP contribution in [0.2, 0.25) is 0 Å². The average molecular weight is 433 g/mol. The van der Waals surface area contributed by atoms with Crippen LogP contribution in [0.15, 0.2) is 53.6 Å². The standard InChI is InChI=1S/C21H21F2N3O3S/c22-16-8-9-18(23)17(14-16)19-24-26(20(28)25-11-5-13-29-25)21(30-19,10-4-12-27)15-6-2-1-3-7-15/h1-3,6-9,14,27H,4-5,10-13H2. The van der Waals surface area contributed by atoms with E-state index in [1.54, 1.807) is 0 Å². The Bertz CT molecular complexity index is 954. The zero-order valence-electron chi connectivity index (χ0n) is 16.1. The van der Waals surface area contributed by atoms with E-state index in [2.05, 4.69) is 5.10 Å². The molecule has 0 spiro atoms. The molecule has 0 radical (unpaired) electrons. The predicted molar refractivity (Wildman–Crippen MR) is 109 cm³/mol. The molecule has 0 aliphatic carbocycles. The van der Waals surface area contributed by atoms with Crippen LogP contribution < -0.4 is 0 Å². The number of nitrogens with zero attached hydrogens (tertiary/aromatic N) is 3. The number of aliphatic hydroxyl groups is 1. The summed E-state index contributed by atoms with van der Waals surface area (Å²) in [7, 11) is 0. The SMILES string of the molecule is O=C(N1CCCO1)N1N=C(c2cc(F)ccc2F)SC1(CCCO)c1ccccc1. The van der Waals surface area contributed by atoms with Crippen molar-refractivity contribution in [2.24, 2.45) is 5.10 Å². The first-order chi connectivity index (χ1) is 14.5. The molecule has 0 bridgehead atoms. The van der Waals surface area contributed by atoms with Gasteiger partial charge in [-0.15, -0.1) is 0 Å². The molecule has 30 heavy (non-hydrogen) atoms. The number of urea groups is 1. The van der Waals surface area contributed by atoms with Gasteiger partial charge in [0.25, 0.3) is 0 Å². The Morgan fingerprint density at radius 1 is 1.23 bits per heavy atom. The number of hydrogen-bond donors (Lipinski definition) is 1. The van der Waals surface area contributed by atoms with E-state index in [1.807, 2.05) is 30.3 Å². The summed E-state index contributed by atoms with van der Waals surface area (Å²) in [6.07, 6.45) is 1.46. The molecule has 1 fully saturated rings. The first kappa shape index (κ1) is 20.8. The summed E-state index contributed by atoms with van der Waals surface area (Å²) in [4.78, 5) is 17.7. The van der Waals surface area contributed by atoms with E-state index >= 15 is 0 Å². The molecular formula is C21H21F2N3O3S. The first-order valence-corrected chi connectivity index (χ1v) is 10.5. The lowest BCUT2D eigenvalue weighted by molar-refractivity contribution is -0.0817. The minimum Gasteiger partial charge on any atom is -0.396 e. The van der Waals surface area contributed by atoms with Crippen LogP contribution in [0.3, 0.4) is 0 Å². The number of hydroxylamine groups is 2. The van der Waals surface area contributed by atoms with Crippen molar-refractivity contribution in [3.05, 3.63) is 71.3 Å². The Morgan fingerprint density at radius 2 is 2.03 bits per heavy atom. The van der Waals surface area contributed by atoms with Gasteiger partial charge in [0.2, 0.25) is 0 Å². The first-order valence-electron chi connectivity index (χ1n) is 9.69. The molecule has 9 heteroatoms. The van der Waals surface area contributed by atoms with Gasteiger partial charge in [-0.3, -0.25) is 4.84 Å². The number of halogens is 2. The Balaban J connectivity index is 1.82. The Hall–Kier alpha value is -2.49. The number of carbonyl (C=O) groups excluding carboxylic acids is 1. The minimum atomic E-state index is -1.03. The highest BCUT2D eigenvalue weighted by molar-refractivity contribution is 8.15. The van der Waals surface area contributed by atoms with Gasteiger partial charge in [0.05, 0.1) is 13.2 Å². The van der Waals surface area contributed by atoms with E-state index < -0.39 is 22.5 Å². The molecule has 6 nitrogen and oxygen atoms in total. The van der Waals surface area contributed by atoms with Crippen molar-refractivity contribution in [3.8, 4) is 0 Å². The largest absolute Gasteiger partial charge is 0.396 e. The fourth-order valence-electron chi connectivity index (χ4n) is 3.57. The number of benzene rings is 2. The molecule has 2 heterocycles. The van der Waals surface area contributed by atoms with Crippen molar-refractivity contribution >= 4 is 22.8 Å². The Morgan fingerprint density at radius 3 is 2.73 bits per heavy atom. The van der Waals surface area contributed by atoms with Crippen molar-refractivity contribution in [3.63, 3.8) is 0 Å². The third-order valence-electron chi connectivity index (χ3n) is 5.00. The Kier molecular flexibility index (Phi) is 6.03. The van der Waals surface area contributed by atoms with Crippen LogP contribution in [0.1, 0.15) is 30.4 Å². The third-order valence-corrected chi connectivity index (χ3v) is 6.45. The maximum atomic E-state index is 14.5. The molecule has 2 amide bonds. The summed E-state index contributed by atoms with van der Waals surface area (Å²) in [5.74, 6) is -1.22. The normalized spacial score (nSPS) is 21.2. The second-order valence-electron chi connectivity index (χ2n) is 6.99. The number of rotatable bonds is 5. The molecule has 0 aromatic heterocycles. The highest BCUT2D eigenvalue weighted by atomic mass is 32.2. The lowest BCUT2D eigenvalue weighted by Crippen LogP contribution is -2.47. The van der Waals surface area contributed by atoms with E-state index in [0.29, 0.717) is 32.4 Å². The van der Waals surface area contributed by atoms with E-state index in [1.165, 1.54) is 21.8 Å². The molecular weight excluding hydrogens is 412 g/mol. The van der Waals surface area contributed by atoms with Gasteiger partial charge in [-0.25, -0.2) is 18.6 Å². The summed E-state index contributed by atoms with van der Waals surface area (Å²) in [6, 6.07) is 11.9. The van der Waals surface area contributed by atoms with Gasteiger partial charge in [0, 0.05) is 12.2 Å². The average Bonchev–Trinajstić information content (AvgIpc) is 3.43. The fraction of sp³-hybridized carbons (Fsp3) is 0.333. The molecule has 158 valence electrons. The number of hydrogen-bond acceptors (Lipinski definition) is 5. The topological polar surface area (TPSA) is 65.4 Å². The van der Waals surface area contributed by atoms with Crippen molar-refractivity contribution < 1.29 is 23.5 Å². The molecule has 4 rings (SSSR count). The van der Waals surface area contributed by atoms with Crippen LogP contribution in [0.4, 0.5) is 13.6 Å². The number of carbonyl (C=O) groups is 1. The third kappa shape index (κ3) is 3.80. The molecule has 2 aromatic carbocycles. The lowest BCUT2D eigenvalue weighted by Gasteiger charge is -2.37. The van der Waals surface area contributed by atoms with Crippen molar-refractivity contribution in [1.82, 2.24) is 10.1 Å². The van der Waals surface area contributed by atoms with Crippen molar-refractivity contribution in [1.29, 1.82) is 0 Å². The van der Waals surface area contributed by atoms with Crippen LogP contribution in [0, 0.1) is 11.6 Å². The molecule has 2 aromatic rings. The van der Waals surface area contributed by atoms with Crippen molar-refractivity contribution in [2.45, 2.75) is 24.1 Å². The van der Waals surface area contributed by atoms with Gasteiger partial charge in [-0.1, -0.05) is 42.1 Å². The molecule has 1 unspecified atom stereocenters. The van der Waals surface area contributed by atoms with Gasteiger partial charge in [0.15, 0.2) is 0 Å². The predicted octanol–water partition coefficient (Wildman–Crippen LogP) is 4.06. The molecule has 1 N–H and O–H groups in total. The molecule has 2 aliphatic rings. The maximum Gasteiger partial charge on any atom is 0.366 e. The number of amides is 2. The van der Waals surface area contributed by atoms with Gasteiger partial charge in [0.1, 0.15) is 21.5 Å². The molecule has 0 saturated carbocycles. The highest BCUT2D eigenvalue weighted by Gasteiger charge is 2.50. The van der Waals surface area contributed by atoms with Gasteiger partial charge in [-0.2, -0.15) is 10.1 Å². The monoisotopic (exact) mass is 433 g/mol. The van der Waals surface area contributed by atoms with Gasteiger partial charge < -0.3 is 5.11 Å². The zero-order chi connectivity index (χ0) is 21.1. The molecule has 1 saturated heterocycles. The van der Waals surface area contributed by atoms with Crippen LogP contribution in [0.25, 0.3) is 0 Å². The van der Waals surface area contributed by atoms with Crippen LogP contribution in [0.5, 0.6) is 0 Å². The summed E-state index contributed by atoms with van der Waals surface area (Å²) in [5, 5.41) is 16.7. The van der Waals surface area contributed by atoms with E-state index in [-0.39, 0.29) is 17.2 Å². The molecule has 2 aliphatic heterocycles. The second-order valence-corrected chi connectivity index (χ2v) is 8.26. The fourth-order valence-corrected chi connectivity index (χ4v) is 4.98. The summed E-state index contributed by atoms with van der Waals surface area (Å²) < 4.78 is 28.4. The van der Waals surface area contributed by atoms with E-state index in [9.17, 15) is 18.7 Å². The summed E-state index contributed by atoms with van der Waals surface area (Å²) >= 11 is 1.18. The second kappa shape index (κ2) is 8.71. The maximum absolute atomic E-state index is 14.5. The van der Waals surface area contributed by atoms with Crippen LogP contribution >= 0.6 is 11.8 Å². The van der Waals surface area contributed by atoms with Crippen LogP contribution in [-0.4, -0.2) is 46.0 Å². The van der Waals surface area contributed by atoms with Gasteiger partial charge >= 0.3 is 6.03 Å². The van der Waals surface area contributed by atoms with E-state index in [4.69, 9.17) is 4.84 Å². The smallest absolute Gasteiger partial charge is 0.366 e. The number of hydrazone groups is 1. The quantitative estimate of drug-likeness (QED) is 0.773. The minimum absolute atomic E-state index is 0.0121. The van der Waals surface area contributed by atoms with Crippen LogP contribution in [-0.2, 0) is 9.71 Å². The van der Waals surface area contributed by atoms with E-state index in [0.717, 1.165) is 23.8 Å². The summed E-state index contributed by atoms with van der Waals surface area (Å²) in [5.41, 5.74) is 0.758. The number of thioether (sulfide) groups is 1. The molecule has 1 atom stereocenters. The van der Waals surface area contributed by atoms with Crippen molar-refractivity contribution in [2.75, 3.05) is 19.8 Å². The highest BCUT2D eigenvalue weighted by Crippen LogP contribution is 2.51. The summed E-state index contributed by atoms with van der Waals surface area (Å²) in [6.45, 7) is 0.766. The zero-order valence-corrected chi connectivity index (χ0v) is 16.9. The Labute approximate surface area is 177 Å². The lowest BCUT2D eigenvalue weighted by atomic mass is 10.0.